The quantitative estimate of drug-likeness (QED) is 0.570. The van der Waals surface area contributed by atoms with E-state index in [9.17, 15) is 0 Å². The molecule has 4 aromatic rings. The van der Waals surface area contributed by atoms with Crippen LogP contribution in [0.5, 0.6) is 0 Å². The molecule has 0 saturated heterocycles. The van der Waals surface area contributed by atoms with Crippen molar-refractivity contribution in [2.24, 2.45) is 0 Å². The number of thiophene rings is 1. The van der Waals surface area contributed by atoms with Crippen LogP contribution in [0.4, 0.5) is 11.5 Å². The molecule has 0 aliphatic carbocycles. The summed E-state index contributed by atoms with van der Waals surface area (Å²) in [5, 5.41) is 6.62. The maximum Gasteiger partial charge on any atom is 0.139 e. The molecule has 6 heteroatoms. The second-order valence-electron chi connectivity index (χ2n) is 6.17. The van der Waals surface area contributed by atoms with Gasteiger partial charge in [0.15, 0.2) is 0 Å². The van der Waals surface area contributed by atoms with Gasteiger partial charge in [-0.05, 0) is 29.8 Å². The number of pyridine rings is 1. The molecule has 0 amide bonds. The van der Waals surface area contributed by atoms with E-state index >= 15 is 0 Å². The molecule has 130 valence electrons. The molecule has 1 N–H and O–H groups in total. The highest BCUT2D eigenvalue weighted by molar-refractivity contribution is 7.17. The van der Waals surface area contributed by atoms with Gasteiger partial charge in [0, 0.05) is 36.9 Å². The largest absolute Gasteiger partial charge is 0.378 e. The third-order valence-corrected chi connectivity index (χ3v) is 5.11. The lowest BCUT2D eigenvalue weighted by atomic mass is 10.1. The molecule has 0 bridgehead atoms. The highest BCUT2D eigenvalue weighted by Gasteiger charge is 2.13. The third kappa shape index (κ3) is 3.23. The Bertz CT molecular complexity index is 1010. The fourth-order valence-electron chi connectivity index (χ4n) is 2.84. The minimum atomic E-state index is 0.627. The topological polar surface area (TPSA) is 53.9 Å². The standard InChI is InChI=1S/C20H19N5S/c1-25(2)16-8-6-14(7-9-16)17-12-26-20-18(17)19(23-13-24-20)22-11-15-5-3-4-10-21-15/h3-10,12-13H,11H2,1-2H3,(H,22,23,24). The van der Waals surface area contributed by atoms with Crippen molar-refractivity contribution in [1.82, 2.24) is 15.0 Å². The van der Waals surface area contributed by atoms with Gasteiger partial charge in [-0.15, -0.1) is 11.3 Å². The Morgan fingerprint density at radius 2 is 1.85 bits per heavy atom. The van der Waals surface area contributed by atoms with E-state index in [2.05, 4.69) is 54.8 Å². The molecular formula is C20H19N5S. The summed E-state index contributed by atoms with van der Waals surface area (Å²) in [5.41, 5.74) is 4.47. The molecule has 0 aliphatic heterocycles. The van der Waals surface area contributed by atoms with Gasteiger partial charge in [0.1, 0.15) is 17.0 Å². The van der Waals surface area contributed by atoms with Crippen LogP contribution >= 0.6 is 11.3 Å². The lowest BCUT2D eigenvalue weighted by molar-refractivity contribution is 1.03. The molecule has 4 rings (SSSR count). The maximum absolute atomic E-state index is 4.47. The molecule has 3 aromatic heterocycles. The average molecular weight is 361 g/mol. The Hall–Kier alpha value is -2.99. The number of benzene rings is 1. The Morgan fingerprint density at radius 1 is 1.00 bits per heavy atom. The zero-order valence-corrected chi connectivity index (χ0v) is 15.5. The third-order valence-electron chi connectivity index (χ3n) is 4.23. The van der Waals surface area contributed by atoms with Crippen LogP contribution in [0.3, 0.4) is 0 Å². The van der Waals surface area contributed by atoms with Crippen LogP contribution in [0.25, 0.3) is 21.3 Å². The SMILES string of the molecule is CN(C)c1ccc(-c2csc3ncnc(NCc4ccccn4)c23)cc1. The molecule has 0 saturated carbocycles. The molecule has 0 fully saturated rings. The van der Waals surface area contributed by atoms with E-state index in [1.54, 1.807) is 23.9 Å². The van der Waals surface area contributed by atoms with Crippen LogP contribution < -0.4 is 10.2 Å². The first-order valence-corrected chi connectivity index (χ1v) is 9.24. The fourth-order valence-corrected chi connectivity index (χ4v) is 3.75. The van der Waals surface area contributed by atoms with E-state index in [4.69, 9.17) is 0 Å². The summed E-state index contributed by atoms with van der Waals surface area (Å²) in [7, 11) is 4.09. The molecule has 5 nitrogen and oxygen atoms in total. The predicted octanol–water partition coefficient (Wildman–Crippen LogP) is 4.43. The van der Waals surface area contributed by atoms with Crippen molar-refractivity contribution in [3.8, 4) is 11.1 Å². The van der Waals surface area contributed by atoms with Crippen molar-refractivity contribution >= 4 is 33.1 Å². The highest BCUT2D eigenvalue weighted by atomic mass is 32.1. The molecule has 0 atom stereocenters. The van der Waals surface area contributed by atoms with Crippen molar-refractivity contribution in [3.05, 3.63) is 66.1 Å². The van der Waals surface area contributed by atoms with Crippen molar-refractivity contribution < 1.29 is 0 Å². The molecule has 0 spiro atoms. The van der Waals surface area contributed by atoms with Crippen LogP contribution in [0.2, 0.25) is 0 Å². The van der Waals surface area contributed by atoms with E-state index in [0.29, 0.717) is 6.54 Å². The predicted molar refractivity (Wildman–Crippen MR) is 109 cm³/mol. The number of rotatable bonds is 5. The van der Waals surface area contributed by atoms with Gasteiger partial charge < -0.3 is 10.2 Å². The molecule has 0 unspecified atom stereocenters. The number of anilines is 2. The second kappa shape index (κ2) is 7.09. The van der Waals surface area contributed by atoms with Crippen molar-refractivity contribution in [2.75, 3.05) is 24.3 Å². The van der Waals surface area contributed by atoms with Gasteiger partial charge in [-0.1, -0.05) is 18.2 Å². The van der Waals surface area contributed by atoms with Crippen LogP contribution in [-0.4, -0.2) is 29.0 Å². The van der Waals surface area contributed by atoms with Gasteiger partial charge in [-0.2, -0.15) is 0 Å². The minimum Gasteiger partial charge on any atom is -0.378 e. The van der Waals surface area contributed by atoms with Gasteiger partial charge in [-0.25, -0.2) is 9.97 Å². The van der Waals surface area contributed by atoms with E-state index in [1.165, 1.54) is 5.69 Å². The number of nitrogens with one attached hydrogen (secondary N) is 1. The first-order valence-electron chi connectivity index (χ1n) is 8.36. The Kier molecular flexibility index (Phi) is 4.50. The lowest BCUT2D eigenvalue weighted by Crippen LogP contribution is -2.07. The number of fused-ring (bicyclic) bond motifs is 1. The van der Waals surface area contributed by atoms with E-state index in [1.807, 2.05) is 32.3 Å². The normalized spacial score (nSPS) is 10.8. The maximum atomic E-state index is 4.47. The van der Waals surface area contributed by atoms with Crippen LogP contribution in [0.15, 0.2) is 60.4 Å². The van der Waals surface area contributed by atoms with Crippen molar-refractivity contribution in [1.29, 1.82) is 0 Å². The van der Waals surface area contributed by atoms with Gasteiger partial charge in [-0.3, -0.25) is 4.98 Å². The molecule has 26 heavy (non-hydrogen) atoms. The van der Waals surface area contributed by atoms with Crippen molar-refractivity contribution in [3.63, 3.8) is 0 Å². The van der Waals surface area contributed by atoms with Gasteiger partial charge in [0.2, 0.25) is 0 Å². The van der Waals surface area contributed by atoms with Crippen LogP contribution in [0, 0.1) is 0 Å². The number of nitrogens with zero attached hydrogens (tertiary/aromatic N) is 4. The number of hydrogen-bond acceptors (Lipinski definition) is 6. The Morgan fingerprint density at radius 3 is 2.58 bits per heavy atom. The minimum absolute atomic E-state index is 0.627. The van der Waals surface area contributed by atoms with Gasteiger partial charge >= 0.3 is 0 Å². The van der Waals surface area contributed by atoms with Crippen LogP contribution in [-0.2, 0) is 6.54 Å². The first-order chi connectivity index (χ1) is 12.7. The number of aromatic nitrogens is 3. The van der Waals surface area contributed by atoms with E-state index < -0.39 is 0 Å². The first kappa shape index (κ1) is 16.5. The molecule has 1 aromatic carbocycles. The summed E-state index contributed by atoms with van der Waals surface area (Å²) in [5.74, 6) is 0.841. The number of hydrogen-bond donors (Lipinski definition) is 1. The zero-order chi connectivity index (χ0) is 17.9. The van der Waals surface area contributed by atoms with Crippen molar-refractivity contribution in [2.45, 2.75) is 6.54 Å². The van der Waals surface area contributed by atoms with Gasteiger partial charge in [0.25, 0.3) is 0 Å². The average Bonchev–Trinajstić information content (AvgIpc) is 3.12. The lowest BCUT2D eigenvalue weighted by Gasteiger charge is -2.13. The summed E-state index contributed by atoms with van der Waals surface area (Å²) in [6, 6.07) is 14.5. The van der Waals surface area contributed by atoms with Gasteiger partial charge in [0.05, 0.1) is 17.6 Å². The monoisotopic (exact) mass is 361 g/mol. The Balaban J connectivity index is 1.70. The molecule has 0 aliphatic rings. The molecular weight excluding hydrogens is 342 g/mol. The summed E-state index contributed by atoms with van der Waals surface area (Å²) < 4.78 is 0. The molecule has 3 heterocycles. The fraction of sp³-hybridized carbons (Fsp3) is 0.150. The Labute approximate surface area is 156 Å². The van der Waals surface area contributed by atoms with Crippen LogP contribution in [0.1, 0.15) is 5.69 Å². The smallest absolute Gasteiger partial charge is 0.139 e. The summed E-state index contributed by atoms with van der Waals surface area (Å²) in [4.78, 5) is 16.3. The van der Waals surface area contributed by atoms with E-state index in [0.717, 1.165) is 32.9 Å². The second-order valence-corrected chi connectivity index (χ2v) is 7.03. The molecule has 0 radical (unpaired) electrons. The summed E-state index contributed by atoms with van der Waals surface area (Å²) in [6.45, 7) is 0.627. The summed E-state index contributed by atoms with van der Waals surface area (Å²) in [6.07, 6.45) is 3.41. The van der Waals surface area contributed by atoms with E-state index in [-0.39, 0.29) is 0 Å². The zero-order valence-electron chi connectivity index (χ0n) is 14.7. The highest BCUT2D eigenvalue weighted by Crippen LogP contribution is 2.37. The summed E-state index contributed by atoms with van der Waals surface area (Å²) >= 11 is 1.64.